The third-order valence-electron chi connectivity index (χ3n) is 7.80. The molecule has 3 N–H and O–H groups in total. The number of amides is 1. The van der Waals surface area contributed by atoms with Gasteiger partial charge < -0.3 is 30.1 Å². The van der Waals surface area contributed by atoms with Crippen molar-refractivity contribution in [3.8, 4) is 0 Å². The second kappa shape index (κ2) is 14.4. The van der Waals surface area contributed by atoms with Crippen molar-refractivity contribution in [3.63, 3.8) is 0 Å². The number of fused-ring (bicyclic) bond motifs is 1. The predicted octanol–water partition coefficient (Wildman–Crippen LogP) is 4.05. The lowest BCUT2D eigenvalue weighted by Crippen LogP contribution is -2.48. The molecular weight excluding hydrogens is 675 g/mol. The van der Waals surface area contributed by atoms with Gasteiger partial charge in [-0.15, -0.1) is 0 Å². The lowest BCUT2D eigenvalue weighted by Gasteiger charge is -2.35. The van der Waals surface area contributed by atoms with Crippen LogP contribution in [0.1, 0.15) is 34.8 Å². The van der Waals surface area contributed by atoms with Crippen LogP contribution in [0.4, 0.5) is 29.7 Å². The minimum absolute atomic E-state index is 0.0506. The molecule has 1 amide bonds. The van der Waals surface area contributed by atoms with E-state index in [4.69, 9.17) is 24.4 Å². The first-order chi connectivity index (χ1) is 22.6. The number of nitrogens with one attached hydrogen (secondary N) is 2. The average molecular weight is 712 g/mol. The zero-order valence-electron chi connectivity index (χ0n) is 26.2. The number of halogens is 3. The molecule has 0 saturated carbocycles. The molecule has 3 aliphatic heterocycles. The lowest BCUT2D eigenvalue weighted by atomic mass is 9.94. The summed E-state index contributed by atoms with van der Waals surface area (Å²) in [5.74, 6) is -2.81. The Kier molecular flexibility index (Phi) is 10.6. The van der Waals surface area contributed by atoms with Crippen molar-refractivity contribution < 1.29 is 45.8 Å². The van der Waals surface area contributed by atoms with Gasteiger partial charge in [0.25, 0.3) is 5.91 Å². The maximum Gasteiger partial charge on any atom is 0.490 e. The van der Waals surface area contributed by atoms with Gasteiger partial charge in [-0.3, -0.25) is 4.79 Å². The highest BCUT2D eigenvalue weighted by atomic mass is 32.2. The summed E-state index contributed by atoms with van der Waals surface area (Å²) in [6, 6.07) is 15.1. The molecule has 12 nitrogen and oxygen atoms in total. The number of ether oxygens (including phenoxy) is 2. The Hall–Kier alpha value is -3.77. The number of anilines is 3. The van der Waals surface area contributed by atoms with Gasteiger partial charge in [-0.05, 0) is 56.2 Å². The zero-order valence-corrected chi connectivity index (χ0v) is 27.9. The molecule has 48 heavy (non-hydrogen) atoms. The van der Waals surface area contributed by atoms with Gasteiger partial charge in [-0.1, -0.05) is 29.5 Å². The molecular formula is C31H36F3N5O7S2. The summed E-state index contributed by atoms with van der Waals surface area (Å²) in [4.78, 5) is 29.7. The van der Waals surface area contributed by atoms with Crippen molar-refractivity contribution in [2.75, 3.05) is 56.3 Å². The Morgan fingerprint density at radius 2 is 1.73 bits per heavy atom. The first-order valence-electron chi connectivity index (χ1n) is 15.1. The van der Waals surface area contributed by atoms with E-state index in [1.54, 1.807) is 18.2 Å². The smallest absolute Gasteiger partial charge is 0.475 e. The molecule has 3 aromatic rings. The van der Waals surface area contributed by atoms with E-state index in [0.29, 0.717) is 63.0 Å². The van der Waals surface area contributed by atoms with E-state index in [1.807, 2.05) is 32.0 Å². The second-order valence-electron chi connectivity index (χ2n) is 12.1. The van der Waals surface area contributed by atoms with Crippen LogP contribution >= 0.6 is 11.3 Å². The maximum atomic E-state index is 13.1. The second-order valence-corrected chi connectivity index (χ2v) is 15.0. The first-order valence-corrected chi connectivity index (χ1v) is 17.4. The number of benzene rings is 2. The van der Waals surface area contributed by atoms with Gasteiger partial charge in [0.05, 0.1) is 43.1 Å². The molecule has 1 atom stereocenters. The van der Waals surface area contributed by atoms with Gasteiger partial charge in [0.1, 0.15) is 4.88 Å². The number of carbonyl (C=O) groups excluding carboxylic acids is 1. The Balaban J connectivity index is 0.000000582. The van der Waals surface area contributed by atoms with Crippen LogP contribution in [0.2, 0.25) is 0 Å². The molecule has 0 aliphatic carbocycles. The number of hydrogen-bond acceptors (Lipinski definition) is 10. The fourth-order valence-electron chi connectivity index (χ4n) is 5.55. The number of alkyl halides is 3. The highest BCUT2D eigenvalue weighted by Crippen LogP contribution is 2.34. The molecule has 260 valence electrons. The van der Waals surface area contributed by atoms with Gasteiger partial charge in [0.2, 0.25) is 10.0 Å². The van der Waals surface area contributed by atoms with E-state index in [-0.39, 0.29) is 22.4 Å². The van der Waals surface area contributed by atoms with Crippen molar-refractivity contribution >= 4 is 49.7 Å². The normalized spacial score (nSPS) is 19.8. The third-order valence-corrected chi connectivity index (χ3v) is 10.8. The molecule has 1 unspecified atom stereocenters. The Morgan fingerprint density at radius 1 is 1.08 bits per heavy atom. The number of carbonyl (C=O) groups is 2. The quantitative estimate of drug-likeness (QED) is 0.328. The van der Waals surface area contributed by atoms with E-state index in [0.717, 1.165) is 28.5 Å². The van der Waals surface area contributed by atoms with Crippen LogP contribution in [0.5, 0.6) is 0 Å². The minimum Gasteiger partial charge on any atom is -0.475 e. The van der Waals surface area contributed by atoms with Gasteiger partial charge in [0.15, 0.2) is 5.13 Å². The summed E-state index contributed by atoms with van der Waals surface area (Å²) in [5, 5.41) is 14.4. The standard InChI is InChI=1S/C29H35N5O5S2.C2HF3O2/c1-29(2)18-25-26(27(35)32-29)40-28(31-25)34-11-14-39-19-23(34)16-20-5-3-6-21(15-20)30-22-7-4-8-24(17-22)41(36,37)33-9-12-38-13-10-33;3-2(4,5)1(6)7/h3-8,15,17,23,30H,9-14,16,18-19H2,1-2H3,(H,32,35);(H,6,7). The number of thiazole rings is 1. The number of morpholine rings is 2. The van der Waals surface area contributed by atoms with E-state index in [9.17, 15) is 26.4 Å². The summed E-state index contributed by atoms with van der Waals surface area (Å²) < 4.78 is 70.6. The molecule has 2 aromatic carbocycles. The van der Waals surface area contributed by atoms with Crippen LogP contribution in [0.25, 0.3) is 0 Å². The molecule has 2 saturated heterocycles. The van der Waals surface area contributed by atoms with E-state index >= 15 is 0 Å². The Morgan fingerprint density at radius 3 is 2.42 bits per heavy atom. The SMILES string of the molecule is CC1(C)Cc2nc(N3CCOCC3Cc3cccc(Nc4cccc(S(=O)(=O)N5CCOCC5)c4)c3)sc2C(=O)N1.O=C(O)C(F)(F)F. The van der Waals surface area contributed by atoms with Gasteiger partial charge in [-0.25, -0.2) is 18.2 Å². The van der Waals surface area contributed by atoms with Crippen LogP contribution in [-0.4, -0.2) is 98.5 Å². The summed E-state index contributed by atoms with van der Waals surface area (Å²) in [5.41, 5.74) is 3.25. The monoisotopic (exact) mass is 711 g/mol. The van der Waals surface area contributed by atoms with Crippen LogP contribution in [0, 0.1) is 0 Å². The van der Waals surface area contributed by atoms with E-state index < -0.39 is 22.2 Å². The molecule has 6 rings (SSSR count). The fourth-order valence-corrected chi connectivity index (χ4v) is 8.08. The topological polar surface area (TPSA) is 150 Å². The minimum atomic E-state index is -5.08. The Bertz CT molecular complexity index is 1740. The van der Waals surface area contributed by atoms with Crippen molar-refractivity contribution in [1.82, 2.24) is 14.6 Å². The number of hydrogen-bond donors (Lipinski definition) is 3. The zero-order chi connectivity index (χ0) is 34.7. The van der Waals surface area contributed by atoms with Crippen LogP contribution in [-0.2, 0) is 37.1 Å². The largest absolute Gasteiger partial charge is 0.490 e. The van der Waals surface area contributed by atoms with Gasteiger partial charge in [0, 0.05) is 43.0 Å². The van der Waals surface area contributed by atoms with E-state index in [2.05, 4.69) is 27.7 Å². The van der Waals surface area contributed by atoms with Crippen molar-refractivity contribution in [3.05, 3.63) is 64.7 Å². The number of carboxylic acids is 1. The predicted molar refractivity (Wildman–Crippen MR) is 172 cm³/mol. The molecule has 3 aliphatic rings. The number of nitrogens with zero attached hydrogens (tertiary/aromatic N) is 3. The van der Waals surface area contributed by atoms with Crippen molar-refractivity contribution in [2.24, 2.45) is 0 Å². The molecule has 2 fully saturated rings. The lowest BCUT2D eigenvalue weighted by molar-refractivity contribution is -0.192. The highest BCUT2D eigenvalue weighted by molar-refractivity contribution is 7.89. The molecule has 17 heteroatoms. The first kappa shape index (κ1) is 35.5. The van der Waals surface area contributed by atoms with Crippen molar-refractivity contribution in [2.45, 2.75) is 49.3 Å². The maximum absolute atomic E-state index is 13.1. The number of carboxylic acid groups (broad SMARTS) is 1. The van der Waals surface area contributed by atoms with Crippen LogP contribution < -0.4 is 15.5 Å². The molecule has 0 spiro atoms. The fraction of sp³-hybridized carbons (Fsp3) is 0.452. The number of sulfonamides is 1. The summed E-state index contributed by atoms with van der Waals surface area (Å²) in [6.45, 7) is 7.47. The van der Waals surface area contributed by atoms with Gasteiger partial charge in [-0.2, -0.15) is 17.5 Å². The van der Waals surface area contributed by atoms with Crippen LogP contribution in [0.15, 0.2) is 53.4 Å². The molecule has 4 heterocycles. The number of aliphatic carboxylic acids is 1. The van der Waals surface area contributed by atoms with Crippen LogP contribution in [0.3, 0.4) is 0 Å². The number of rotatable bonds is 7. The van der Waals surface area contributed by atoms with Crippen molar-refractivity contribution in [1.29, 1.82) is 0 Å². The summed E-state index contributed by atoms with van der Waals surface area (Å²) in [7, 11) is -3.58. The number of aromatic nitrogens is 1. The molecule has 0 bridgehead atoms. The summed E-state index contributed by atoms with van der Waals surface area (Å²) >= 11 is 1.46. The third kappa shape index (κ3) is 8.63. The summed E-state index contributed by atoms with van der Waals surface area (Å²) in [6.07, 6.45) is -3.63. The molecule has 0 radical (unpaired) electrons. The Labute approximate surface area is 279 Å². The van der Waals surface area contributed by atoms with Gasteiger partial charge >= 0.3 is 12.1 Å². The highest BCUT2D eigenvalue weighted by Gasteiger charge is 2.38. The van der Waals surface area contributed by atoms with E-state index in [1.165, 1.54) is 15.6 Å². The average Bonchev–Trinajstić information content (AvgIpc) is 3.45. The molecule has 1 aromatic heterocycles.